The normalized spacial score (nSPS) is 29.6. The molecule has 0 spiro atoms. The maximum Gasteiger partial charge on any atom is 0.262 e. The van der Waals surface area contributed by atoms with Crippen LogP contribution in [0.3, 0.4) is 0 Å². The Kier molecular flexibility index (Phi) is 3.53. The predicted molar refractivity (Wildman–Crippen MR) is 83.8 cm³/mol. The van der Waals surface area contributed by atoms with Gasteiger partial charge >= 0.3 is 0 Å². The lowest BCUT2D eigenvalue weighted by molar-refractivity contribution is -0.398. The molecule has 5 rings (SSSR count). The number of nitrogens with zero attached hydrogens (tertiary/aromatic N) is 3. The van der Waals surface area contributed by atoms with Crippen LogP contribution in [0, 0.1) is 33.8 Å². The number of carbonyl (C=O) groups is 2. The average Bonchev–Trinajstić information content (AvgIpc) is 2.88. The van der Waals surface area contributed by atoms with Crippen LogP contribution < -0.4 is 10.2 Å². The van der Waals surface area contributed by atoms with Crippen molar-refractivity contribution in [3.05, 3.63) is 40.0 Å². The van der Waals surface area contributed by atoms with E-state index in [1.165, 1.54) is 0 Å². The highest BCUT2D eigenvalue weighted by Crippen LogP contribution is 2.49. The molecule has 4 aliphatic rings. The summed E-state index contributed by atoms with van der Waals surface area (Å²) in [6, 6.07) is 1.40. The molecule has 134 valence electrons. The van der Waals surface area contributed by atoms with Crippen LogP contribution in [0.2, 0.25) is 0 Å². The van der Waals surface area contributed by atoms with E-state index in [1.807, 2.05) is 12.2 Å². The van der Waals surface area contributed by atoms with Crippen molar-refractivity contribution in [1.29, 1.82) is 0 Å². The summed E-state index contributed by atoms with van der Waals surface area (Å²) in [5.74, 6) is -3.45. The van der Waals surface area contributed by atoms with Crippen molar-refractivity contribution in [2.75, 3.05) is 0 Å². The summed E-state index contributed by atoms with van der Waals surface area (Å²) in [5, 5.41) is 38.7. The van der Waals surface area contributed by atoms with Gasteiger partial charge < -0.3 is 10.2 Å². The van der Waals surface area contributed by atoms with E-state index in [0.717, 1.165) is 30.1 Å². The van der Waals surface area contributed by atoms with Gasteiger partial charge in [-0.05, 0) is 36.0 Å². The fourth-order valence-electron chi connectivity index (χ4n) is 4.10. The SMILES string of the molecule is O=C1[C@@H]2[C@H](C(=O)N1/N=C\c1cc([N+](=O)[O-])c([O-])cc1[O-])[C@@H]1C=C[C@H]2CC1. The number of imide groups is 1. The number of amides is 2. The molecule has 2 amide bonds. The summed E-state index contributed by atoms with van der Waals surface area (Å²) in [6.45, 7) is 0. The summed E-state index contributed by atoms with van der Waals surface area (Å²) in [6.07, 6.45) is 6.57. The Morgan fingerprint density at radius 2 is 1.62 bits per heavy atom. The van der Waals surface area contributed by atoms with Crippen molar-refractivity contribution < 1.29 is 24.7 Å². The van der Waals surface area contributed by atoms with Gasteiger partial charge in [-0.1, -0.05) is 18.2 Å². The molecule has 26 heavy (non-hydrogen) atoms. The predicted octanol–water partition coefficient (Wildman–Crippen LogP) is 0.273. The van der Waals surface area contributed by atoms with Crippen LogP contribution in [0.1, 0.15) is 18.4 Å². The summed E-state index contributed by atoms with van der Waals surface area (Å²) in [5.41, 5.74) is -0.992. The highest BCUT2D eigenvalue weighted by Gasteiger charge is 2.56. The first-order valence-electron chi connectivity index (χ1n) is 8.15. The summed E-state index contributed by atoms with van der Waals surface area (Å²) < 4.78 is 0. The minimum absolute atomic E-state index is 0.0116. The molecule has 1 aliphatic heterocycles. The first kappa shape index (κ1) is 16.2. The molecule has 2 fully saturated rings. The standard InChI is InChI=1S/C17H15N3O6/c21-12-6-13(22)11(20(25)26)5-10(12)7-18-19-16(23)14-8-1-2-9(4-3-8)15(14)17(19)24/h1-2,5-9,14-15,21-22H,3-4H2/p-2/b18-7-/t8-,9+,14-,15+. The lowest BCUT2D eigenvalue weighted by atomic mass is 9.63. The number of rotatable bonds is 3. The van der Waals surface area contributed by atoms with Crippen molar-refractivity contribution in [2.24, 2.45) is 28.8 Å². The second kappa shape index (κ2) is 5.65. The van der Waals surface area contributed by atoms with Gasteiger partial charge in [0, 0.05) is 6.07 Å². The maximum absolute atomic E-state index is 12.6. The monoisotopic (exact) mass is 355 g/mol. The van der Waals surface area contributed by atoms with Gasteiger partial charge in [-0.2, -0.15) is 10.1 Å². The Morgan fingerprint density at radius 1 is 1.04 bits per heavy atom. The molecule has 1 saturated heterocycles. The zero-order valence-corrected chi connectivity index (χ0v) is 13.4. The fourth-order valence-corrected chi connectivity index (χ4v) is 4.10. The van der Waals surface area contributed by atoms with Crippen molar-refractivity contribution in [3.63, 3.8) is 0 Å². The molecule has 1 aromatic carbocycles. The summed E-state index contributed by atoms with van der Waals surface area (Å²) in [4.78, 5) is 35.1. The molecule has 1 heterocycles. The molecule has 1 aromatic rings. The van der Waals surface area contributed by atoms with Gasteiger partial charge in [-0.25, -0.2) is 0 Å². The van der Waals surface area contributed by atoms with Crippen LogP contribution in [0.4, 0.5) is 5.69 Å². The van der Waals surface area contributed by atoms with E-state index >= 15 is 0 Å². The Morgan fingerprint density at radius 3 is 2.12 bits per heavy atom. The number of benzene rings is 1. The van der Waals surface area contributed by atoms with Gasteiger partial charge in [0.15, 0.2) is 0 Å². The van der Waals surface area contributed by atoms with Crippen LogP contribution in [-0.2, 0) is 9.59 Å². The number of allylic oxidation sites excluding steroid dienone is 2. The second-order valence-electron chi connectivity index (χ2n) is 6.69. The quantitative estimate of drug-likeness (QED) is 0.251. The molecule has 0 radical (unpaired) electrons. The molecule has 4 atom stereocenters. The highest BCUT2D eigenvalue weighted by molar-refractivity contribution is 6.06. The molecule has 9 nitrogen and oxygen atoms in total. The number of carbonyl (C=O) groups excluding carboxylic acids is 2. The molecule has 9 heteroatoms. The van der Waals surface area contributed by atoms with Crippen molar-refractivity contribution in [1.82, 2.24) is 5.01 Å². The van der Waals surface area contributed by atoms with E-state index in [4.69, 9.17) is 0 Å². The van der Waals surface area contributed by atoms with E-state index in [9.17, 15) is 29.9 Å². The number of fused-ring (bicyclic) bond motifs is 1. The molecule has 3 aliphatic carbocycles. The van der Waals surface area contributed by atoms with E-state index < -0.39 is 45.8 Å². The van der Waals surface area contributed by atoms with Crippen LogP contribution in [0.15, 0.2) is 29.4 Å². The van der Waals surface area contributed by atoms with E-state index in [-0.39, 0.29) is 17.4 Å². The lowest BCUT2D eigenvalue weighted by Gasteiger charge is -2.37. The highest BCUT2D eigenvalue weighted by atomic mass is 16.6. The molecule has 1 saturated carbocycles. The molecule has 0 unspecified atom stereocenters. The average molecular weight is 355 g/mol. The number of hydrogen-bond acceptors (Lipinski definition) is 7. The van der Waals surface area contributed by atoms with Crippen molar-refractivity contribution >= 4 is 23.7 Å². The Bertz CT molecular complexity index is 861. The van der Waals surface area contributed by atoms with Crippen LogP contribution in [-0.4, -0.2) is 28.0 Å². The minimum Gasteiger partial charge on any atom is -0.872 e. The zero-order valence-electron chi connectivity index (χ0n) is 13.4. The number of nitro benzene ring substituents is 1. The first-order valence-corrected chi connectivity index (χ1v) is 8.15. The van der Waals surface area contributed by atoms with Gasteiger partial charge in [0.25, 0.3) is 17.5 Å². The largest absolute Gasteiger partial charge is 0.872 e. The maximum atomic E-state index is 12.6. The molecule has 2 bridgehead atoms. The molecular formula is C17H13N3O6-2. The van der Waals surface area contributed by atoms with Gasteiger partial charge in [0.2, 0.25) is 0 Å². The number of hydrogen-bond donors (Lipinski definition) is 0. The fraction of sp³-hybridized carbons (Fsp3) is 0.353. The molecule has 0 aromatic heterocycles. The Labute approximate surface area is 147 Å². The minimum atomic E-state index is -1.00. The van der Waals surface area contributed by atoms with Crippen LogP contribution in [0.5, 0.6) is 11.5 Å². The molecular weight excluding hydrogens is 342 g/mol. The van der Waals surface area contributed by atoms with E-state index in [2.05, 4.69) is 5.10 Å². The van der Waals surface area contributed by atoms with E-state index in [0.29, 0.717) is 6.07 Å². The summed E-state index contributed by atoms with van der Waals surface area (Å²) in [7, 11) is 0. The van der Waals surface area contributed by atoms with Gasteiger partial charge in [0.05, 0.1) is 23.0 Å². The van der Waals surface area contributed by atoms with Crippen LogP contribution in [0.25, 0.3) is 0 Å². The third-order valence-corrected chi connectivity index (χ3v) is 5.34. The third-order valence-electron chi connectivity index (χ3n) is 5.34. The van der Waals surface area contributed by atoms with E-state index in [1.54, 1.807) is 0 Å². The Balaban J connectivity index is 1.64. The topological polar surface area (TPSA) is 139 Å². The van der Waals surface area contributed by atoms with Gasteiger partial charge in [-0.15, -0.1) is 5.75 Å². The van der Waals surface area contributed by atoms with Crippen molar-refractivity contribution in [2.45, 2.75) is 12.8 Å². The first-order chi connectivity index (χ1) is 12.4. The number of nitro groups is 1. The second-order valence-corrected chi connectivity index (χ2v) is 6.69. The summed E-state index contributed by atoms with van der Waals surface area (Å²) >= 11 is 0. The molecule has 0 N–H and O–H groups in total. The smallest absolute Gasteiger partial charge is 0.262 e. The van der Waals surface area contributed by atoms with Gasteiger partial charge in [0.1, 0.15) is 0 Å². The van der Waals surface area contributed by atoms with Gasteiger partial charge in [-0.3, -0.25) is 19.7 Å². The third kappa shape index (κ3) is 2.27. The Hall–Kier alpha value is -3.23. The number of hydrazone groups is 1. The van der Waals surface area contributed by atoms with Crippen LogP contribution >= 0.6 is 0 Å². The zero-order chi connectivity index (χ0) is 18.6. The lowest BCUT2D eigenvalue weighted by Crippen LogP contribution is -2.38. The van der Waals surface area contributed by atoms with Crippen molar-refractivity contribution in [3.8, 4) is 11.5 Å².